The summed E-state index contributed by atoms with van der Waals surface area (Å²) in [5, 5.41) is 5.33. The Hall–Kier alpha value is -4.39. The van der Waals surface area contributed by atoms with Crippen LogP contribution in [-0.2, 0) is 14.3 Å². The number of carbonyl (C=O) groups excluding carboxylic acids is 3. The molecule has 184 valence electrons. The van der Waals surface area contributed by atoms with Crippen LogP contribution in [0.25, 0.3) is 12.2 Å². The highest BCUT2D eigenvalue weighted by molar-refractivity contribution is 6.08. The van der Waals surface area contributed by atoms with E-state index in [0.29, 0.717) is 5.56 Å². The van der Waals surface area contributed by atoms with Crippen molar-refractivity contribution in [2.75, 3.05) is 11.4 Å². The molecule has 0 spiro atoms. The van der Waals surface area contributed by atoms with E-state index in [9.17, 15) is 14.4 Å². The molecule has 7 heteroatoms. The van der Waals surface area contributed by atoms with Crippen LogP contribution in [0.2, 0.25) is 0 Å². The summed E-state index contributed by atoms with van der Waals surface area (Å²) in [6, 6.07) is 23.0. The van der Waals surface area contributed by atoms with Crippen molar-refractivity contribution in [3.63, 3.8) is 0 Å². The Labute approximate surface area is 210 Å². The van der Waals surface area contributed by atoms with E-state index in [1.54, 1.807) is 49.9 Å². The average Bonchev–Trinajstić information content (AvgIpc) is 3.02. The molecule has 0 saturated heterocycles. The highest BCUT2D eigenvalue weighted by Crippen LogP contribution is 2.36. The van der Waals surface area contributed by atoms with E-state index in [-0.39, 0.29) is 12.5 Å². The fraction of sp³-hybridized carbons (Fsp3) is 0.207. The summed E-state index contributed by atoms with van der Waals surface area (Å²) in [5.74, 6) is -0.828. The first-order valence-corrected chi connectivity index (χ1v) is 11.7. The van der Waals surface area contributed by atoms with Gasteiger partial charge in [0.05, 0.1) is 17.9 Å². The molecule has 3 aromatic rings. The van der Waals surface area contributed by atoms with Crippen LogP contribution in [-0.4, -0.2) is 30.1 Å². The first-order valence-electron chi connectivity index (χ1n) is 11.7. The summed E-state index contributed by atoms with van der Waals surface area (Å²) in [6.45, 7) is 4.97. The van der Waals surface area contributed by atoms with Gasteiger partial charge >= 0.3 is 6.09 Å². The number of nitrogens with zero attached hydrogens (tertiary/aromatic N) is 1. The lowest BCUT2D eigenvalue weighted by Gasteiger charge is -2.26. The second kappa shape index (κ2) is 10.5. The van der Waals surface area contributed by atoms with Crippen LogP contribution >= 0.6 is 0 Å². The summed E-state index contributed by atoms with van der Waals surface area (Å²) in [4.78, 5) is 40.8. The quantitative estimate of drug-likeness (QED) is 0.521. The first-order chi connectivity index (χ1) is 17.2. The number of hydrogen-bond donors (Lipinski definition) is 2. The number of ether oxygens (including phenoxy) is 1. The minimum Gasteiger partial charge on any atom is -0.444 e. The Morgan fingerprint density at radius 3 is 1.89 bits per heavy atom. The monoisotopic (exact) mass is 483 g/mol. The predicted molar refractivity (Wildman–Crippen MR) is 141 cm³/mol. The van der Waals surface area contributed by atoms with E-state index in [1.165, 1.54) is 0 Å². The Kier molecular flexibility index (Phi) is 7.20. The Bertz CT molecular complexity index is 1250. The molecule has 0 saturated carbocycles. The van der Waals surface area contributed by atoms with Crippen LogP contribution in [0.4, 0.5) is 16.2 Å². The van der Waals surface area contributed by atoms with Crippen LogP contribution in [0, 0.1) is 0 Å². The number of anilines is 2. The number of amides is 3. The molecule has 1 atom stereocenters. The highest BCUT2D eigenvalue weighted by atomic mass is 16.6. The Morgan fingerprint density at radius 1 is 0.806 bits per heavy atom. The average molecular weight is 484 g/mol. The zero-order chi connectivity index (χ0) is 25.7. The number of fused-ring (bicyclic) bond motifs is 2. The molecule has 36 heavy (non-hydrogen) atoms. The molecule has 0 aromatic heterocycles. The van der Waals surface area contributed by atoms with Crippen molar-refractivity contribution < 1.29 is 19.1 Å². The van der Waals surface area contributed by atoms with Crippen LogP contribution in [0.1, 0.15) is 43.5 Å². The molecule has 3 amide bonds. The van der Waals surface area contributed by atoms with E-state index in [0.717, 1.165) is 22.5 Å². The van der Waals surface area contributed by atoms with Gasteiger partial charge in [-0.2, -0.15) is 0 Å². The number of alkyl carbamates (subject to hydrolysis) is 1. The van der Waals surface area contributed by atoms with Crippen LogP contribution in [0.15, 0.2) is 78.9 Å². The molecule has 7 nitrogen and oxygen atoms in total. The van der Waals surface area contributed by atoms with Crippen molar-refractivity contribution in [1.82, 2.24) is 10.6 Å². The molecule has 1 heterocycles. The maximum absolute atomic E-state index is 13.5. The van der Waals surface area contributed by atoms with Crippen LogP contribution in [0.5, 0.6) is 0 Å². The van der Waals surface area contributed by atoms with Crippen LogP contribution < -0.4 is 15.5 Å². The summed E-state index contributed by atoms with van der Waals surface area (Å²) in [5.41, 5.74) is 3.08. The second-order valence-corrected chi connectivity index (χ2v) is 9.39. The molecule has 0 unspecified atom stereocenters. The molecular weight excluding hydrogens is 454 g/mol. The van der Waals surface area contributed by atoms with Gasteiger partial charge in [-0.1, -0.05) is 78.9 Å². The maximum Gasteiger partial charge on any atom is 0.408 e. The Morgan fingerprint density at radius 2 is 1.33 bits per heavy atom. The summed E-state index contributed by atoms with van der Waals surface area (Å²) in [6.07, 6.45) is 3.21. The smallest absolute Gasteiger partial charge is 0.408 e. The van der Waals surface area contributed by atoms with Gasteiger partial charge in [0.1, 0.15) is 11.6 Å². The minimum absolute atomic E-state index is 0.263. The van der Waals surface area contributed by atoms with Crippen molar-refractivity contribution >= 4 is 41.4 Å². The van der Waals surface area contributed by atoms with E-state index >= 15 is 0 Å². The van der Waals surface area contributed by atoms with E-state index in [1.807, 2.05) is 66.7 Å². The lowest BCUT2D eigenvalue weighted by molar-refractivity contribution is -0.126. The van der Waals surface area contributed by atoms with Gasteiger partial charge in [-0.05, 0) is 49.6 Å². The summed E-state index contributed by atoms with van der Waals surface area (Å²) < 4.78 is 5.34. The summed E-state index contributed by atoms with van der Waals surface area (Å²) in [7, 11) is 0. The van der Waals surface area contributed by atoms with Gasteiger partial charge in [-0.15, -0.1) is 0 Å². The van der Waals surface area contributed by atoms with Gasteiger partial charge < -0.3 is 15.4 Å². The van der Waals surface area contributed by atoms with Gasteiger partial charge in [0.2, 0.25) is 5.91 Å². The number of carbonyl (C=O) groups is 3. The fourth-order valence-electron chi connectivity index (χ4n) is 3.96. The molecule has 1 aliphatic heterocycles. The number of hydrogen-bond acceptors (Lipinski definition) is 4. The maximum atomic E-state index is 13.5. The number of nitrogens with one attached hydrogen (secondary N) is 2. The number of rotatable bonds is 5. The SMILES string of the molecule is CC(C)(C)OC(=O)N[C@@H](C(=O)NCC(=O)N1c2ccccc2C=Cc2ccccc21)c1ccccc1. The zero-order valence-corrected chi connectivity index (χ0v) is 20.5. The molecule has 0 fully saturated rings. The van der Waals surface area contributed by atoms with E-state index in [2.05, 4.69) is 10.6 Å². The lowest BCUT2D eigenvalue weighted by Crippen LogP contribution is -2.45. The molecule has 2 N–H and O–H groups in total. The van der Waals surface area contributed by atoms with Gasteiger partial charge in [-0.25, -0.2) is 4.79 Å². The van der Waals surface area contributed by atoms with Gasteiger partial charge in [0.25, 0.3) is 5.91 Å². The first kappa shape index (κ1) is 24.7. The third-order valence-electron chi connectivity index (χ3n) is 5.52. The molecule has 1 aliphatic rings. The fourth-order valence-corrected chi connectivity index (χ4v) is 3.96. The summed E-state index contributed by atoms with van der Waals surface area (Å²) >= 11 is 0. The van der Waals surface area contributed by atoms with Gasteiger partial charge in [-0.3, -0.25) is 14.5 Å². The normalized spacial score (nSPS) is 13.0. The standard InChI is InChI=1S/C29H29N3O4/c1-29(2,3)36-28(35)31-26(22-13-5-4-6-14-22)27(34)30-19-25(33)32-23-15-9-7-11-20(23)17-18-21-12-8-10-16-24(21)32/h4-18,26H,19H2,1-3H3,(H,30,34)(H,31,35)/t26-/m1/s1. The van der Waals surface area contributed by atoms with E-state index < -0.39 is 23.6 Å². The molecule has 3 aromatic carbocycles. The highest BCUT2D eigenvalue weighted by Gasteiger charge is 2.28. The predicted octanol–water partition coefficient (Wildman–Crippen LogP) is 5.22. The van der Waals surface area contributed by atoms with Crippen molar-refractivity contribution in [3.05, 3.63) is 95.6 Å². The minimum atomic E-state index is -1.03. The molecule has 0 aliphatic carbocycles. The second-order valence-electron chi connectivity index (χ2n) is 9.39. The third-order valence-corrected chi connectivity index (χ3v) is 5.52. The lowest BCUT2D eigenvalue weighted by atomic mass is 10.1. The zero-order valence-electron chi connectivity index (χ0n) is 20.5. The molecule has 0 radical (unpaired) electrons. The topological polar surface area (TPSA) is 87.7 Å². The largest absolute Gasteiger partial charge is 0.444 e. The molecule has 0 bridgehead atoms. The van der Waals surface area contributed by atoms with Crippen molar-refractivity contribution in [3.8, 4) is 0 Å². The van der Waals surface area contributed by atoms with Gasteiger partial charge in [0, 0.05) is 0 Å². The number of para-hydroxylation sites is 2. The Balaban J connectivity index is 1.55. The molecular formula is C29H29N3O4. The van der Waals surface area contributed by atoms with E-state index in [4.69, 9.17) is 4.74 Å². The number of benzene rings is 3. The van der Waals surface area contributed by atoms with Crippen molar-refractivity contribution in [2.24, 2.45) is 0 Å². The molecule has 4 rings (SSSR count). The van der Waals surface area contributed by atoms with Crippen LogP contribution in [0.3, 0.4) is 0 Å². The van der Waals surface area contributed by atoms with Gasteiger partial charge in [0.15, 0.2) is 0 Å². The van der Waals surface area contributed by atoms with Crippen molar-refractivity contribution in [2.45, 2.75) is 32.4 Å². The van der Waals surface area contributed by atoms with Crippen molar-refractivity contribution in [1.29, 1.82) is 0 Å². The third kappa shape index (κ3) is 5.81.